The third-order valence-electron chi connectivity index (χ3n) is 3.62. The molecule has 1 aromatic rings. The molecular weight excluding hydrogens is 218 g/mol. The zero-order valence-electron chi connectivity index (χ0n) is 9.19. The van der Waals surface area contributed by atoms with Gasteiger partial charge in [-0.05, 0) is 29.5 Å². The average Bonchev–Trinajstić information content (AvgIpc) is 2.83. The van der Waals surface area contributed by atoms with Crippen LogP contribution in [-0.4, -0.2) is 11.8 Å². The number of nitrogens with one attached hydrogen (secondary N) is 2. The van der Waals surface area contributed by atoms with E-state index in [9.17, 15) is 9.59 Å². The minimum Gasteiger partial charge on any atom is -0.349 e. The van der Waals surface area contributed by atoms with Crippen LogP contribution in [0.2, 0.25) is 0 Å². The average molecular weight is 231 g/mol. The lowest BCUT2D eigenvalue weighted by Gasteiger charge is -2.10. The monoisotopic (exact) mass is 231 g/mol. The number of carbonyl (C=O) groups is 2. The van der Waals surface area contributed by atoms with Crippen LogP contribution in [0, 0.1) is 5.92 Å². The number of benzene rings is 1. The van der Waals surface area contributed by atoms with Gasteiger partial charge in [-0.2, -0.15) is 0 Å². The molecule has 2 aliphatic rings. The Hall–Kier alpha value is -1.88. The molecule has 1 aliphatic carbocycles. The van der Waals surface area contributed by atoms with Crippen molar-refractivity contribution in [1.29, 1.82) is 0 Å². The maximum absolute atomic E-state index is 11.6. The van der Waals surface area contributed by atoms with Crippen LogP contribution in [0.15, 0.2) is 18.2 Å². The lowest BCUT2D eigenvalue weighted by atomic mass is 10.0. The van der Waals surface area contributed by atoms with Crippen LogP contribution in [0.3, 0.4) is 0 Å². The first-order valence-corrected chi connectivity index (χ1v) is 5.63. The molecule has 2 atom stereocenters. The molecule has 3 rings (SSSR count). The number of carbonyl (C=O) groups excluding carboxylic acids is 2. The highest BCUT2D eigenvalue weighted by Crippen LogP contribution is 2.42. The third kappa shape index (κ3) is 1.43. The summed E-state index contributed by atoms with van der Waals surface area (Å²) < 4.78 is 0. The van der Waals surface area contributed by atoms with Crippen molar-refractivity contribution in [3.8, 4) is 0 Å². The van der Waals surface area contributed by atoms with Gasteiger partial charge >= 0.3 is 0 Å². The summed E-state index contributed by atoms with van der Waals surface area (Å²) in [5, 5.41) is 2.95. The van der Waals surface area contributed by atoms with Crippen LogP contribution >= 0.6 is 0 Å². The van der Waals surface area contributed by atoms with Crippen LogP contribution in [0.4, 0.5) is 0 Å². The van der Waals surface area contributed by atoms with Gasteiger partial charge in [-0.15, -0.1) is 0 Å². The second kappa shape index (κ2) is 3.56. The largest absolute Gasteiger partial charge is 0.349 e. The minimum atomic E-state index is -0.270. The van der Waals surface area contributed by atoms with E-state index >= 15 is 0 Å². The Kier molecular flexibility index (Phi) is 2.16. The Morgan fingerprint density at radius 3 is 3.00 bits per heavy atom. The molecule has 1 aliphatic heterocycles. The van der Waals surface area contributed by atoms with E-state index in [0.29, 0.717) is 12.0 Å². The molecule has 1 saturated heterocycles. The summed E-state index contributed by atoms with van der Waals surface area (Å²) in [6, 6.07) is 5.64. The molecule has 1 aromatic carbocycles. The van der Waals surface area contributed by atoms with Gasteiger partial charge in [0.05, 0.1) is 6.04 Å². The molecule has 5 heteroatoms. The second-order valence-corrected chi connectivity index (χ2v) is 4.56. The van der Waals surface area contributed by atoms with Gasteiger partial charge < -0.3 is 5.32 Å². The molecule has 0 radical (unpaired) electrons. The summed E-state index contributed by atoms with van der Waals surface area (Å²) in [5.41, 5.74) is 4.85. The van der Waals surface area contributed by atoms with Crippen molar-refractivity contribution >= 4 is 11.8 Å². The Morgan fingerprint density at radius 1 is 1.41 bits per heavy atom. The maximum Gasteiger partial charge on any atom is 0.265 e. The molecule has 88 valence electrons. The van der Waals surface area contributed by atoms with Gasteiger partial charge in [-0.1, -0.05) is 12.1 Å². The van der Waals surface area contributed by atoms with Gasteiger partial charge in [0, 0.05) is 12.0 Å². The predicted octanol–water partition coefficient (Wildman–Crippen LogP) is 0.0234. The fraction of sp³-hybridized carbons (Fsp3) is 0.333. The molecule has 0 saturated carbocycles. The van der Waals surface area contributed by atoms with Gasteiger partial charge in [0.25, 0.3) is 5.91 Å². The van der Waals surface area contributed by atoms with Crippen molar-refractivity contribution in [1.82, 2.24) is 10.7 Å². The van der Waals surface area contributed by atoms with Crippen LogP contribution < -0.4 is 16.6 Å². The van der Waals surface area contributed by atoms with Crippen molar-refractivity contribution in [2.24, 2.45) is 11.8 Å². The first-order valence-electron chi connectivity index (χ1n) is 5.63. The summed E-state index contributed by atoms with van der Waals surface area (Å²) in [6.07, 6.45) is 1.31. The quantitative estimate of drug-likeness (QED) is 0.362. The number of amides is 2. The lowest BCUT2D eigenvalue weighted by Crippen LogP contribution is -2.31. The number of hydrogen-bond donors (Lipinski definition) is 3. The highest BCUT2D eigenvalue weighted by Gasteiger charge is 2.41. The van der Waals surface area contributed by atoms with E-state index in [-0.39, 0.29) is 23.8 Å². The van der Waals surface area contributed by atoms with E-state index in [0.717, 1.165) is 17.5 Å². The summed E-state index contributed by atoms with van der Waals surface area (Å²) in [6.45, 7) is 0. The molecule has 1 fully saturated rings. The van der Waals surface area contributed by atoms with Crippen LogP contribution in [0.25, 0.3) is 0 Å². The van der Waals surface area contributed by atoms with E-state index < -0.39 is 0 Å². The van der Waals surface area contributed by atoms with Crippen molar-refractivity contribution < 1.29 is 9.59 Å². The van der Waals surface area contributed by atoms with Crippen molar-refractivity contribution in [3.05, 3.63) is 34.9 Å². The van der Waals surface area contributed by atoms with Gasteiger partial charge in [-0.3, -0.25) is 15.0 Å². The van der Waals surface area contributed by atoms with Crippen LogP contribution in [0.1, 0.15) is 33.9 Å². The SMILES string of the molecule is NNC(=O)c1cccc2c1CC1CC(=O)NC21. The fourth-order valence-electron chi connectivity index (χ4n) is 2.90. The van der Waals surface area contributed by atoms with E-state index in [1.54, 1.807) is 6.07 Å². The molecule has 1 heterocycles. The summed E-state index contributed by atoms with van der Waals surface area (Å²) in [5.74, 6) is 5.27. The summed E-state index contributed by atoms with van der Waals surface area (Å²) in [7, 11) is 0. The Balaban J connectivity index is 2.05. The molecule has 17 heavy (non-hydrogen) atoms. The summed E-state index contributed by atoms with van der Waals surface area (Å²) >= 11 is 0. The zero-order chi connectivity index (χ0) is 12.0. The maximum atomic E-state index is 11.6. The Labute approximate surface area is 98.3 Å². The summed E-state index contributed by atoms with van der Waals surface area (Å²) in [4.78, 5) is 23.0. The van der Waals surface area contributed by atoms with Crippen LogP contribution in [-0.2, 0) is 11.2 Å². The highest BCUT2D eigenvalue weighted by molar-refractivity contribution is 5.96. The zero-order valence-corrected chi connectivity index (χ0v) is 9.19. The Morgan fingerprint density at radius 2 is 2.24 bits per heavy atom. The van der Waals surface area contributed by atoms with Gasteiger partial charge in [0.2, 0.25) is 5.91 Å². The van der Waals surface area contributed by atoms with Crippen molar-refractivity contribution in [2.75, 3.05) is 0 Å². The van der Waals surface area contributed by atoms with Crippen molar-refractivity contribution in [3.63, 3.8) is 0 Å². The number of hydrazine groups is 1. The fourth-order valence-corrected chi connectivity index (χ4v) is 2.90. The number of nitrogens with two attached hydrogens (primary N) is 1. The van der Waals surface area contributed by atoms with Gasteiger partial charge in [-0.25, -0.2) is 5.84 Å². The standard InChI is InChI=1S/C12H13N3O2/c13-15-12(17)8-3-1-2-7-9(8)4-6-5-10(16)14-11(6)7/h1-3,6,11H,4-5,13H2,(H,14,16)(H,15,17). The van der Waals surface area contributed by atoms with E-state index in [4.69, 9.17) is 5.84 Å². The molecule has 5 nitrogen and oxygen atoms in total. The normalized spacial score (nSPS) is 25.1. The minimum absolute atomic E-state index is 0.0722. The second-order valence-electron chi connectivity index (χ2n) is 4.56. The first kappa shape index (κ1) is 10.3. The smallest absolute Gasteiger partial charge is 0.265 e. The third-order valence-corrected chi connectivity index (χ3v) is 3.62. The highest BCUT2D eigenvalue weighted by atomic mass is 16.2. The first-order chi connectivity index (χ1) is 8.20. The van der Waals surface area contributed by atoms with Crippen LogP contribution in [0.5, 0.6) is 0 Å². The predicted molar refractivity (Wildman–Crippen MR) is 60.8 cm³/mol. The van der Waals surface area contributed by atoms with E-state index in [1.165, 1.54) is 0 Å². The Bertz CT molecular complexity index is 512. The number of hydrogen-bond acceptors (Lipinski definition) is 3. The molecule has 0 bridgehead atoms. The molecule has 0 aromatic heterocycles. The van der Waals surface area contributed by atoms with Crippen molar-refractivity contribution in [2.45, 2.75) is 18.9 Å². The van der Waals surface area contributed by atoms with E-state index in [1.807, 2.05) is 12.1 Å². The molecule has 2 unspecified atom stereocenters. The lowest BCUT2D eigenvalue weighted by molar-refractivity contribution is -0.119. The molecule has 0 spiro atoms. The topological polar surface area (TPSA) is 84.2 Å². The van der Waals surface area contributed by atoms with Gasteiger partial charge in [0.1, 0.15) is 0 Å². The van der Waals surface area contributed by atoms with Gasteiger partial charge in [0.15, 0.2) is 0 Å². The molecule has 4 N–H and O–H groups in total. The number of nitrogen functional groups attached to an aromatic ring is 1. The number of rotatable bonds is 1. The van der Waals surface area contributed by atoms with E-state index in [2.05, 4.69) is 10.7 Å². The molecule has 2 amide bonds. The number of fused-ring (bicyclic) bond motifs is 3. The molecular formula is C12H13N3O2.